The van der Waals surface area contributed by atoms with Crippen LogP contribution in [0.5, 0.6) is 0 Å². The Labute approximate surface area is 399 Å². The summed E-state index contributed by atoms with van der Waals surface area (Å²) in [6, 6.07) is 0. The highest BCUT2D eigenvalue weighted by atomic mass is 16.6. The van der Waals surface area contributed by atoms with Crippen LogP contribution in [0.2, 0.25) is 0 Å². The minimum Gasteiger partial charge on any atom is -0.462 e. The van der Waals surface area contributed by atoms with Gasteiger partial charge >= 0.3 is 17.9 Å². The summed E-state index contributed by atoms with van der Waals surface area (Å²) in [7, 11) is 0. The molecule has 6 nitrogen and oxygen atoms in total. The number of esters is 3. The zero-order valence-electron chi connectivity index (χ0n) is 43.8. The fourth-order valence-electron chi connectivity index (χ4n) is 8.89. The smallest absolute Gasteiger partial charge is 0.306 e. The first-order valence-electron chi connectivity index (χ1n) is 28.9. The maximum atomic E-state index is 12.9. The monoisotopic (exact) mass is 905 g/mol. The molecule has 0 amide bonds. The van der Waals surface area contributed by atoms with Gasteiger partial charge in [-0.15, -0.1) is 0 Å². The van der Waals surface area contributed by atoms with Gasteiger partial charge in [-0.1, -0.05) is 291 Å². The Morgan fingerprint density at radius 1 is 0.312 bits per heavy atom. The lowest BCUT2D eigenvalue weighted by molar-refractivity contribution is -0.167. The Morgan fingerprint density at radius 3 is 0.812 bits per heavy atom. The summed E-state index contributed by atoms with van der Waals surface area (Å²) in [5.41, 5.74) is 0. The molecule has 1 unspecified atom stereocenters. The highest BCUT2D eigenvalue weighted by Crippen LogP contribution is 2.18. The molecule has 0 aliphatic rings. The molecule has 0 N–H and O–H groups in total. The topological polar surface area (TPSA) is 78.9 Å². The van der Waals surface area contributed by atoms with Crippen molar-refractivity contribution in [3.8, 4) is 0 Å². The van der Waals surface area contributed by atoms with E-state index < -0.39 is 6.10 Å². The van der Waals surface area contributed by atoms with Crippen LogP contribution in [0.1, 0.15) is 329 Å². The number of carbonyl (C=O) groups excluding carboxylic acids is 3. The zero-order valence-corrected chi connectivity index (χ0v) is 43.8. The molecule has 0 bridgehead atoms. The lowest BCUT2D eigenvalue weighted by Crippen LogP contribution is -2.30. The van der Waals surface area contributed by atoms with Crippen molar-refractivity contribution in [1.29, 1.82) is 0 Å². The Morgan fingerprint density at radius 2 is 0.547 bits per heavy atom. The molecule has 380 valence electrons. The first kappa shape index (κ1) is 62.4. The highest BCUT2D eigenvalue weighted by Gasteiger charge is 2.19. The lowest BCUT2D eigenvalue weighted by atomic mass is 9.99. The molecule has 0 aromatic rings. The fraction of sp³-hybridized carbons (Fsp3) is 0.948. The molecular weight excluding hydrogens is 793 g/mol. The Balaban J connectivity index is 4.30. The van der Waals surface area contributed by atoms with Gasteiger partial charge < -0.3 is 14.2 Å². The normalized spacial score (nSPS) is 12.4. The van der Waals surface area contributed by atoms with Gasteiger partial charge in [-0.2, -0.15) is 0 Å². The molecule has 0 aromatic heterocycles. The van der Waals surface area contributed by atoms with E-state index >= 15 is 0 Å². The van der Waals surface area contributed by atoms with Crippen molar-refractivity contribution >= 4 is 17.9 Å². The largest absolute Gasteiger partial charge is 0.462 e. The van der Waals surface area contributed by atoms with Crippen molar-refractivity contribution in [2.45, 2.75) is 336 Å². The molecular formula is C58H112O6. The molecule has 0 saturated heterocycles. The van der Waals surface area contributed by atoms with Crippen LogP contribution in [0.15, 0.2) is 0 Å². The van der Waals surface area contributed by atoms with Gasteiger partial charge in [-0.3, -0.25) is 14.4 Å². The average Bonchev–Trinajstić information content (AvgIpc) is 3.29. The Kier molecular flexibility index (Phi) is 51.1. The third-order valence-corrected chi connectivity index (χ3v) is 13.7. The van der Waals surface area contributed by atoms with E-state index in [4.69, 9.17) is 14.2 Å². The van der Waals surface area contributed by atoms with Crippen LogP contribution in [-0.2, 0) is 28.6 Å². The van der Waals surface area contributed by atoms with Crippen LogP contribution >= 0.6 is 0 Å². The number of hydrogen-bond donors (Lipinski definition) is 0. The van der Waals surface area contributed by atoms with Gasteiger partial charge in [0, 0.05) is 19.3 Å². The summed E-state index contributed by atoms with van der Waals surface area (Å²) in [6.07, 6.45) is 56.5. The summed E-state index contributed by atoms with van der Waals surface area (Å²) >= 11 is 0. The Bertz CT molecular complexity index is 966. The first-order valence-corrected chi connectivity index (χ1v) is 28.9. The number of ether oxygens (including phenoxy) is 3. The molecule has 0 aliphatic heterocycles. The van der Waals surface area contributed by atoms with Crippen molar-refractivity contribution in [3.05, 3.63) is 0 Å². The molecule has 0 heterocycles. The molecule has 0 saturated carbocycles. The minimum absolute atomic E-state index is 0.0621. The Hall–Kier alpha value is -1.59. The van der Waals surface area contributed by atoms with Crippen molar-refractivity contribution in [2.75, 3.05) is 13.2 Å². The van der Waals surface area contributed by atoms with Crippen LogP contribution < -0.4 is 0 Å². The fourth-order valence-corrected chi connectivity index (χ4v) is 8.89. The summed E-state index contributed by atoms with van der Waals surface area (Å²) in [4.78, 5) is 38.1. The molecule has 0 spiro atoms. The SMILES string of the molecule is CCCCCCCCCCCCCCCCCCCCC(=O)O[C@H](COC(=O)CCCCCCCCCCCCCCCC)COC(=O)CCCCCCCCCCCCC(C)CC. The van der Waals surface area contributed by atoms with Crippen LogP contribution in [-0.4, -0.2) is 37.2 Å². The van der Waals surface area contributed by atoms with Crippen LogP contribution in [0.25, 0.3) is 0 Å². The van der Waals surface area contributed by atoms with Gasteiger partial charge in [0.25, 0.3) is 0 Å². The molecule has 6 heteroatoms. The van der Waals surface area contributed by atoms with E-state index in [1.165, 1.54) is 225 Å². The number of rotatable bonds is 53. The average molecular weight is 906 g/mol. The molecule has 0 radical (unpaired) electrons. The van der Waals surface area contributed by atoms with Crippen molar-refractivity contribution in [1.82, 2.24) is 0 Å². The number of hydrogen-bond acceptors (Lipinski definition) is 6. The predicted molar refractivity (Wildman–Crippen MR) is 275 cm³/mol. The molecule has 0 fully saturated rings. The van der Waals surface area contributed by atoms with Gasteiger partial charge in [0.15, 0.2) is 6.10 Å². The van der Waals surface area contributed by atoms with Crippen molar-refractivity contribution in [3.63, 3.8) is 0 Å². The van der Waals surface area contributed by atoms with E-state index in [1.54, 1.807) is 0 Å². The first-order chi connectivity index (χ1) is 31.4. The van der Waals surface area contributed by atoms with Gasteiger partial charge in [-0.25, -0.2) is 0 Å². The van der Waals surface area contributed by atoms with Crippen molar-refractivity contribution < 1.29 is 28.6 Å². The summed E-state index contributed by atoms with van der Waals surface area (Å²) in [5, 5.41) is 0. The van der Waals surface area contributed by atoms with E-state index in [0.29, 0.717) is 19.3 Å². The van der Waals surface area contributed by atoms with E-state index in [2.05, 4.69) is 27.7 Å². The van der Waals surface area contributed by atoms with Crippen LogP contribution in [0.3, 0.4) is 0 Å². The van der Waals surface area contributed by atoms with Gasteiger partial charge in [0.1, 0.15) is 13.2 Å². The summed E-state index contributed by atoms with van der Waals surface area (Å²) in [5.74, 6) is 0.0335. The molecule has 0 aromatic carbocycles. The number of carbonyl (C=O) groups is 3. The zero-order chi connectivity index (χ0) is 46.7. The van der Waals surface area contributed by atoms with E-state index in [9.17, 15) is 14.4 Å². The molecule has 2 atom stereocenters. The standard InChI is InChI=1S/C58H112O6/c1-5-8-10-12-14-16-18-20-22-23-24-25-27-29-35-39-43-47-51-58(61)64-55(52-62-56(59)49-45-41-37-33-28-26-21-19-17-15-13-11-9-6-2)53-63-57(60)50-46-42-38-34-31-30-32-36-40-44-48-54(4)7-3/h54-55H,5-53H2,1-4H3/t54?,55-/m1/s1. The van der Waals surface area contributed by atoms with Gasteiger partial charge in [0.05, 0.1) is 0 Å². The number of unbranched alkanes of at least 4 members (excludes halogenated alkanes) is 39. The molecule has 0 aliphatic carbocycles. The van der Waals surface area contributed by atoms with Gasteiger partial charge in [-0.05, 0) is 25.2 Å². The van der Waals surface area contributed by atoms with E-state index in [1.807, 2.05) is 0 Å². The maximum Gasteiger partial charge on any atom is 0.306 e. The van der Waals surface area contributed by atoms with Crippen molar-refractivity contribution in [2.24, 2.45) is 5.92 Å². The second-order valence-electron chi connectivity index (χ2n) is 20.2. The third kappa shape index (κ3) is 49.8. The van der Waals surface area contributed by atoms with E-state index in [-0.39, 0.29) is 31.1 Å². The second kappa shape index (κ2) is 52.4. The molecule has 64 heavy (non-hydrogen) atoms. The van der Waals surface area contributed by atoms with Crippen LogP contribution in [0, 0.1) is 5.92 Å². The summed E-state index contributed by atoms with van der Waals surface area (Å²) < 4.78 is 16.9. The summed E-state index contributed by atoms with van der Waals surface area (Å²) in [6.45, 7) is 9.08. The third-order valence-electron chi connectivity index (χ3n) is 13.7. The van der Waals surface area contributed by atoms with E-state index in [0.717, 1.165) is 63.7 Å². The van der Waals surface area contributed by atoms with Crippen LogP contribution in [0.4, 0.5) is 0 Å². The second-order valence-corrected chi connectivity index (χ2v) is 20.2. The minimum atomic E-state index is -0.762. The highest BCUT2D eigenvalue weighted by molar-refractivity contribution is 5.71. The predicted octanol–water partition coefficient (Wildman–Crippen LogP) is 19.0. The van der Waals surface area contributed by atoms with Gasteiger partial charge in [0.2, 0.25) is 0 Å². The maximum absolute atomic E-state index is 12.9. The molecule has 0 rings (SSSR count). The lowest BCUT2D eigenvalue weighted by Gasteiger charge is -2.18. The quantitative estimate of drug-likeness (QED) is 0.0344.